The van der Waals surface area contributed by atoms with Crippen molar-refractivity contribution in [3.8, 4) is 11.5 Å². The lowest BCUT2D eigenvalue weighted by atomic mass is 10.2. The van der Waals surface area contributed by atoms with Crippen LogP contribution in [0.2, 0.25) is 0 Å². The third-order valence-corrected chi connectivity index (χ3v) is 6.85. The maximum atomic E-state index is 13.5. The van der Waals surface area contributed by atoms with Gasteiger partial charge in [-0.3, -0.25) is 9.10 Å². The molecule has 2 aromatic rings. The molecule has 1 aliphatic carbocycles. The molecular formula is C22H27N3O5S. The van der Waals surface area contributed by atoms with Gasteiger partial charge >= 0.3 is 0 Å². The molecule has 0 heterocycles. The zero-order valence-corrected chi connectivity index (χ0v) is 18.7. The number of sulfonamides is 1. The predicted octanol–water partition coefficient (Wildman–Crippen LogP) is 3.25. The lowest BCUT2D eigenvalue weighted by Gasteiger charge is -2.25. The Kier molecular flexibility index (Phi) is 7.17. The summed E-state index contributed by atoms with van der Waals surface area (Å²) in [6.45, 7) is 1.42. The summed E-state index contributed by atoms with van der Waals surface area (Å²) in [5, 5.41) is 4.15. The molecule has 3 rings (SSSR count). The van der Waals surface area contributed by atoms with E-state index in [1.807, 2.05) is 6.92 Å². The topological polar surface area (TPSA) is 97.3 Å². The molecule has 1 aliphatic rings. The molecule has 1 N–H and O–H groups in total. The average molecular weight is 446 g/mol. The maximum absolute atomic E-state index is 13.5. The van der Waals surface area contributed by atoms with Crippen molar-refractivity contribution in [2.24, 2.45) is 5.10 Å². The minimum absolute atomic E-state index is 0.0749. The van der Waals surface area contributed by atoms with Crippen molar-refractivity contribution in [1.82, 2.24) is 5.43 Å². The first-order valence-corrected chi connectivity index (χ1v) is 11.4. The minimum atomic E-state index is -4.05. The van der Waals surface area contributed by atoms with Crippen molar-refractivity contribution in [3.05, 3.63) is 48.0 Å². The predicted molar refractivity (Wildman–Crippen MR) is 119 cm³/mol. The average Bonchev–Trinajstić information content (AvgIpc) is 3.29. The first kappa shape index (κ1) is 22.6. The smallest absolute Gasteiger partial charge is 0.264 e. The Morgan fingerprint density at radius 3 is 2.35 bits per heavy atom. The van der Waals surface area contributed by atoms with Crippen LogP contribution < -0.4 is 19.2 Å². The van der Waals surface area contributed by atoms with E-state index in [9.17, 15) is 13.2 Å². The molecule has 0 spiro atoms. The number of nitrogens with one attached hydrogen (secondary N) is 1. The molecule has 166 valence electrons. The molecule has 1 fully saturated rings. The van der Waals surface area contributed by atoms with Crippen LogP contribution >= 0.6 is 0 Å². The van der Waals surface area contributed by atoms with Crippen molar-refractivity contribution >= 4 is 27.3 Å². The normalized spacial score (nSPS) is 13.6. The first-order valence-electron chi connectivity index (χ1n) is 10.0. The fourth-order valence-electron chi connectivity index (χ4n) is 3.33. The number of carbonyl (C=O) groups is 1. The molecule has 0 aliphatic heterocycles. The third kappa shape index (κ3) is 5.35. The summed E-state index contributed by atoms with van der Waals surface area (Å²) in [5.41, 5.74) is 4.57. The molecule has 0 radical (unpaired) electrons. The second-order valence-electron chi connectivity index (χ2n) is 7.28. The van der Waals surface area contributed by atoms with Gasteiger partial charge < -0.3 is 9.47 Å². The lowest BCUT2D eigenvalue weighted by Crippen LogP contribution is -2.40. The Morgan fingerprint density at radius 2 is 1.74 bits per heavy atom. The van der Waals surface area contributed by atoms with Crippen molar-refractivity contribution in [2.75, 3.05) is 25.1 Å². The van der Waals surface area contributed by atoms with Crippen molar-refractivity contribution < 1.29 is 22.7 Å². The van der Waals surface area contributed by atoms with Gasteiger partial charge in [-0.1, -0.05) is 17.7 Å². The largest absolute Gasteiger partial charge is 0.497 e. The van der Waals surface area contributed by atoms with Crippen LogP contribution in [0.3, 0.4) is 0 Å². The second-order valence-corrected chi connectivity index (χ2v) is 9.14. The van der Waals surface area contributed by atoms with Gasteiger partial charge in [0.1, 0.15) is 18.0 Å². The fourth-order valence-corrected chi connectivity index (χ4v) is 4.76. The number of rotatable bonds is 8. The number of benzene rings is 2. The summed E-state index contributed by atoms with van der Waals surface area (Å²) in [6.07, 6.45) is 3.79. The third-order valence-electron chi connectivity index (χ3n) is 5.07. The van der Waals surface area contributed by atoms with Crippen LogP contribution in [-0.2, 0) is 14.8 Å². The van der Waals surface area contributed by atoms with Crippen LogP contribution in [0, 0.1) is 6.92 Å². The molecule has 9 heteroatoms. The summed E-state index contributed by atoms with van der Waals surface area (Å²) in [7, 11) is -1.12. The highest BCUT2D eigenvalue weighted by Gasteiger charge is 2.29. The molecular weight excluding hydrogens is 418 g/mol. The minimum Gasteiger partial charge on any atom is -0.497 e. The van der Waals surface area contributed by atoms with Gasteiger partial charge in [0, 0.05) is 11.8 Å². The highest BCUT2D eigenvalue weighted by Crippen LogP contribution is 2.35. The van der Waals surface area contributed by atoms with Crippen LogP contribution in [0.1, 0.15) is 31.2 Å². The highest BCUT2D eigenvalue weighted by atomic mass is 32.2. The summed E-state index contributed by atoms with van der Waals surface area (Å²) in [4.78, 5) is 12.7. The molecule has 1 saturated carbocycles. The number of anilines is 1. The molecule has 0 saturated heterocycles. The Bertz CT molecular complexity index is 1060. The van der Waals surface area contributed by atoms with E-state index in [1.165, 1.54) is 26.4 Å². The van der Waals surface area contributed by atoms with Gasteiger partial charge in [-0.15, -0.1) is 0 Å². The van der Waals surface area contributed by atoms with Crippen LogP contribution in [0.15, 0.2) is 52.5 Å². The monoisotopic (exact) mass is 445 g/mol. The van der Waals surface area contributed by atoms with Gasteiger partial charge in [0.05, 0.1) is 24.8 Å². The van der Waals surface area contributed by atoms with E-state index in [-0.39, 0.29) is 16.3 Å². The number of aryl methyl sites for hydroxylation is 1. The lowest BCUT2D eigenvalue weighted by molar-refractivity contribution is -0.119. The summed E-state index contributed by atoms with van der Waals surface area (Å²) < 4.78 is 38.6. The Balaban J connectivity index is 1.98. The van der Waals surface area contributed by atoms with Gasteiger partial charge in [0.25, 0.3) is 15.9 Å². The van der Waals surface area contributed by atoms with E-state index in [4.69, 9.17) is 9.47 Å². The Morgan fingerprint density at radius 1 is 1.06 bits per heavy atom. The number of hydrogen-bond donors (Lipinski definition) is 1. The van der Waals surface area contributed by atoms with Crippen molar-refractivity contribution in [2.45, 2.75) is 37.5 Å². The number of ether oxygens (including phenoxy) is 2. The standard InChI is InChI=1S/C22H27N3O5S/c1-16-8-11-19(12-9-16)31(27,28)25(15-22(26)24-23-17-6-4-5-7-17)20-13-10-18(29-2)14-21(20)30-3/h8-14H,4-7,15H2,1-3H3,(H,24,26). The van der Waals surface area contributed by atoms with Gasteiger partial charge in [0.15, 0.2) is 0 Å². The molecule has 0 unspecified atom stereocenters. The zero-order chi connectivity index (χ0) is 22.4. The molecule has 8 nitrogen and oxygen atoms in total. The second kappa shape index (κ2) is 9.82. The van der Waals surface area contributed by atoms with Crippen LogP contribution in [0.4, 0.5) is 5.69 Å². The molecule has 0 atom stereocenters. The van der Waals surface area contributed by atoms with E-state index in [2.05, 4.69) is 10.5 Å². The van der Waals surface area contributed by atoms with Crippen molar-refractivity contribution in [3.63, 3.8) is 0 Å². The molecule has 2 aromatic carbocycles. The van der Waals surface area contributed by atoms with E-state index in [0.29, 0.717) is 5.75 Å². The first-order chi connectivity index (χ1) is 14.8. The van der Waals surface area contributed by atoms with Gasteiger partial charge in [0.2, 0.25) is 0 Å². The highest BCUT2D eigenvalue weighted by molar-refractivity contribution is 7.92. The summed E-state index contributed by atoms with van der Waals surface area (Å²) in [5.74, 6) is 0.239. The molecule has 0 aromatic heterocycles. The van der Waals surface area contributed by atoms with Crippen LogP contribution in [-0.4, -0.2) is 40.8 Å². The van der Waals surface area contributed by atoms with Gasteiger partial charge in [-0.2, -0.15) is 5.10 Å². The number of nitrogens with zero attached hydrogens (tertiary/aromatic N) is 2. The number of carbonyl (C=O) groups excluding carboxylic acids is 1. The number of methoxy groups -OCH3 is 2. The molecule has 31 heavy (non-hydrogen) atoms. The number of hydrogen-bond acceptors (Lipinski definition) is 6. The SMILES string of the molecule is COc1ccc(N(CC(=O)NN=C2CCCC2)S(=O)(=O)c2ccc(C)cc2)c(OC)c1. The van der Waals surface area contributed by atoms with E-state index in [1.54, 1.807) is 30.3 Å². The Hall–Kier alpha value is -3.07. The van der Waals surface area contributed by atoms with E-state index in [0.717, 1.165) is 41.3 Å². The number of amides is 1. The van der Waals surface area contributed by atoms with Gasteiger partial charge in [-0.25, -0.2) is 13.8 Å². The fraction of sp³-hybridized carbons (Fsp3) is 0.364. The Labute approximate surface area is 182 Å². The van der Waals surface area contributed by atoms with Crippen LogP contribution in [0.25, 0.3) is 0 Å². The summed E-state index contributed by atoms with van der Waals surface area (Å²) in [6, 6.07) is 11.2. The number of hydrazone groups is 1. The zero-order valence-electron chi connectivity index (χ0n) is 17.9. The quantitative estimate of drug-likeness (QED) is 0.629. The van der Waals surface area contributed by atoms with Crippen molar-refractivity contribution in [1.29, 1.82) is 0 Å². The molecule has 0 bridgehead atoms. The van der Waals surface area contributed by atoms with E-state index < -0.39 is 22.5 Å². The van der Waals surface area contributed by atoms with Crippen LogP contribution in [0.5, 0.6) is 11.5 Å². The maximum Gasteiger partial charge on any atom is 0.264 e. The van der Waals surface area contributed by atoms with Gasteiger partial charge in [-0.05, 0) is 56.9 Å². The summed E-state index contributed by atoms with van der Waals surface area (Å²) >= 11 is 0. The van der Waals surface area contributed by atoms with E-state index >= 15 is 0 Å². The molecule has 1 amide bonds.